The van der Waals surface area contributed by atoms with Gasteiger partial charge in [-0.15, -0.1) is 5.73 Å². The normalized spacial score (nSPS) is 11.3. The Bertz CT molecular complexity index is 773. The molecule has 0 aliphatic carbocycles. The van der Waals surface area contributed by atoms with Crippen LogP contribution in [0.2, 0.25) is 0 Å². The summed E-state index contributed by atoms with van der Waals surface area (Å²) in [5, 5.41) is 0. The number of carbonyl (C=O) groups excluding carboxylic acids is 1. The molecule has 1 aromatic rings. The van der Waals surface area contributed by atoms with Crippen LogP contribution in [0.3, 0.4) is 0 Å². The van der Waals surface area contributed by atoms with Gasteiger partial charge >= 0.3 is 5.97 Å². The minimum Gasteiger partial charge on any atom is -0.496 e. The van der Waals surface area contributed by atoms with Crippen molar-refractivity contribution < 1.29 is 14.3 Å². The summed E-state index contributed by atoms with van der Waals surface area (Å²) in [6.45, 7) is 12.4. The maximum Gasteiger partial charge on any atom is 0.330 e. The van der Waals surface area contributed by atoms with Crippen molar-refractivity contribution in [3.05, 3.63) is 63.4 Å². The Morgan fingerprint density at radius 3 is 2.50 bits per heavy atom. The molecule has 0 fully saturated rings. The first-order chi connectivity index (χ1) is 12.3. The number of esters is 1. The SMILES string of the molecule is CCOC(=O)C=C(C)CC=C=C(C)C=Cc1c(C)cc(OC)c(C)c1C. The number of hydrogen-bond acceptors (Lipinski definition) is 3. The van der Waals surface area contributed by atoms with E-state index in [1.165, 1.54) is 22.8 Å². The Morgan fingerprint density at radius 2 is 1.88 bits per heavy atom. The molecule has 0 aliphatic rings. The minimum atomic E-state index is -0.292. The molecule has 0 radical (unpaired) electrons. The predicted octanol–water partition coefficient (Wildman–Crippen LogP) is 5.63. The first kappa shape index (κ1) is 21.5. The summed E-state index contributed by atoms with van der Waals surface area (Å²) in [6, 6.07) is 2.07. The zero-order chi connectivity index (χ0) is 19.7. The number of methoxy groups -OCH3 is 1. The van der Waals surface area contributed by atoms with Crippen molar-refractivity contribution in [3.8, 4) is 5.75 Å². The second kappa shape index (κ2) is 10.5. The van der Waals surface area contributed by atoms with Gasteiger partial charge in [-0.1, -0.05) is 17.7 Å². The van der Waals surface area contributed by atoms with Crippen molar-refractivity contribution in [3.63, 3.8) is 0 Å². The van der Waals surface area contributed by atoms with Gasteiger partial charge in [0.25, 0.3) is 0 Å². The van der Waals surface area contributed by atoms with E-state index in [1.54, 1.807) is 14.0 Å². The Hall–Kier alpha value is -2.51. The number of carbonyl (C=O) groups is 1. The van der Waals surface area contributed by atoms with E-state index in [-0.39, 0.29) is 5.97 Å². The summed E-state index contributed by atoms with van der Waals surface area (Å²) in [4.78, 5) is 11.4. The molecule has 0 atom stereocenters. The molecule has 140 valence electrons. The average Bonchev–Trinajstić information content (AvgIpc) is 2.58. The number of ether oxygens (including phenoxy) is 2. The molecule has 0 saturated carbocycles. The highest BCUT2D eigenvalue weighted by Crippen LogP contribution is 2.28. The van der Waals surface area contributed by atoms with Gasteiger partial charge in [-0.05, 0) is 87.9 Å². The van der Waals surface area contributed by atoms with Crippen LogP contribution in [-0.4, -0.2) is 19.7 Å². The molecule has 0 unspecified atom stereocenters. The van der Waals surface area contributed by atoms with Crippen molar-refractivity contribution >= 4 is 12.0 Å². The van der Waals surface area contributed by atoms with Crippen LogP contribution in [0.4, 0.5) is 0 Å². The Labute approximate surface area is 157 Å². The molecule has 3 nitrogen and oxygen atoms in total. The van der Waals surface area contributed by atoms with Crippen LogP contribution in [0, 0.1) is 20.8 Å². The molecule has 0 saturated heterocycles. The lowest BCUT2D eigenvalue weighted by Gasteiger charge is -2.13. The van der Waals surface area contributed by atoms with E-state index in [0.29, 0.717) is 13.0 Å². The number of hydrogen-bond donors (Lipinski definition) is 0. The number of rotatable bonds is 7. The highest BCUT2D eigenvalue weighted by atomic mass is 16.5. The highest BCUT2D eigenvalue weighted by Gasteiger charge is 2.08. The van der Waals surface area contributed by atoms with E-state index >= 15 is 0 Å². The van der Waals surface area contributed by atoms with Crippen molar-refractivity contribution in [1.29, 1.82) is 0 Å². The van der Waals surface area contributed by atoms with Gasteiger partial charge in [0.2, 0.25) is 0 Å². The summed E-state index contributed by atoms with van der Waals surface area (Å²) in [7, 11) is 1.70. The molecule has 0 N–H and O–H groups in total. The molecule has 0 aliphatic heterocycles. The molecular weight excluding hydrogens is 324 g/mol. The molecular formula is C23H30O3. The van der Waals surface area contributed by atoms with E-state index in [0.717, 1.165) is 22.5 Å². The fraction of sp³-hybridized carbons (Fsp3) is 0.391. The predicted molar refractivity (Wildman–Crippen MR) is 109 cm³/mol. The van der Waals surface area contributed by atoms with Gasteiger partial charge in [0.15, 0.2) is 0 Å². The molecule has 0 amide bonds. The Balaban J connectivity index is 2.90. The summed E-state index contributed by atoms with van der Waals surface area (Å²) in [5.41, 5.74) is 10.0. The van der Waals surface area contributed by atoms with E-state index in [1.807, 2.05) is 19.9 Å². The third-order valence-electron chi connectivity index (χ3n) is 4.23. The third-order valence-corrected chi connectivity index (χ3v) is 4.23. The molecule has 0 spiro atoms. The first-order valence-corrected chi connectivity index (χ1v) is 8.88. The van der Waals surface area contributed by atoms with Gasteiger partial charge in [-0.2, -0.15) is 0 Å². The third kappa shape index (κ3) is 6.42. The molecule has 0 heterocycles. The van der Waals surface area contributed by atoms with Crippen molar-refractivity contribution in [1.82, 2.24) is 0 Å². The lowest BCUT2D eigenvalue weighted by atomic mass is 9.96. The minimum absolute atomic E-state index is 0.292. The fourth-order valence-electron chi connectivity index (χ4n) is 2.61. The topological polar surface area (TPSA) is 35.5 Å². The van der Waals surface area contributed by atoms with Gasteiger partial charge in [-0.3, -0.25) is 0 Å². The summed E-state index contributed by atoms with van der Waals surface area (Å²) in [5.74, 6) is 0.632. The highest BCUT2D eigenvalue weighted by molar-refractivity contribution is 5.82. The fourth-order valence-corrected chi connectivity index (χ4v) is 2.61. The van der Waals surface area contributed by atoms with E-state index in [4.69, 9.17) is 9.47 Å². The van der Waals surface area contributed by atoms with E-state index in [9.17, 15) is 4.79 Å². The quantitative estimate of drug-likeness (QED) is 0.275. The maximum absolute atomic E-state index is 11.4. The molecule has 26 heavy (non-hydrogen) atoms. The van der Waals surface area contributed by atoms with Gasteiger partial charge in [0.1, 0.15) is 5.75 Å². The number of benzene rings is 1. The van der Waals surface area contributed by atoms with Crippen LogP contribution in [0.1, 0.15) is 49.4 Å². The van der Waals surface area contributed by atoms with Gasteiger partial charge < -0.3 is 9.47 Å². The van der Waals surface area contributed by atoms with Crippen LogP contribution in [-0.2, 0) is 9.53 Å². The molecule has 0 aromatic heterocycles. The van der Waals surface area contributed by atoms with Crippen LogP contribution >= 0.6 is 0 Å². The lowest BCUT2D eigenvalue weighted by molar-refractivity contribution is -0.137. The Kier molecular flexibility index (Phi) is 8.67. The van der Waals surface area contributed by atoms with Crippen LogP contribution < -0.4 is 4.74 Å². The van der Waals surface area contributed by atoms with E-state index < -0.39 is 0 Å². The molecule has 0 bridgehead atoms. The second-order valence-electron chi connectivity index (χ2n) is 6.37. The number of aryl methyl sites for hydroxylation is 1. The number of allylic oxidation sites excluding steroid dienone is 3. The first-order valence-electron chi connectivity index (χ1n) is 8.88. The van der Waals surface area contributed by atoms with Gasteiger partial charge in [0.05, 0.1) is 13.7 Å². The van der Waals surface area contributed by atoms with Crippen molar-refractivity contribution in [2.45, 2.75) is 48.0 Å². The van der Waals surface area contributed by atoms with Crippen molar-refractivity contribution in [2.24, 2.45) is 0 Å². The standard InChI is InChI=1S/C23H30O3/c1-8-26-23(24)14-17(3)11-9-10-16(2)12-13-21-18(4)15-22(25-7)20(6)19(21)5/h9,12-15H,8,11H2,1-7H3. The summed E-state index contributed by atoms with van der Waals surface area (Å²) < 4.78 is 10.3. The maximum atomic E-state index is 11.4. The zero-order valence-electron chi connectivity index (χ0n) is 17.0. The average molecular weight is 354 g/mol. The van der Waals surface area contributed by atoms with Crippen LogP contribution in [0.5, 0.6) is 5.75 Å². The second-order valence-corrected chi connectivity index (χ2v) is 6.37. The molecule has 3 heteroatoms. The lowest BCUT2D eigenvalue weighted by Crippen LogP contribution is -2.00. The molecule has 1 rings (SSSR count). The van der Waals surface area contributed by atoms with Gasteiger partial charge in [0, 0.05) is 6.08 Å². The smallest absolute Gasteiger partial charge is 0.330 e. The largest absolute Gasteiger partial charge is 0.496 e. The van der Waals surface area contributed by atoms with Crippen molar-refractivity contribution in [2.75, 3.05) is 13.7 Å². The zero-order valence-corrected chi connectivity index (χ0v) is 17.0. The summed E-state index contributed by atoms with van der Waals surface area (Å²) in [6.07, 6.45) is 8.31. The monoisotopic (exact) mass is 354 g/mol. The van der Waals surface area contributed by atoms with Crippen LogP contribution in [0.15, 0.2) is 41.2 Å². The van der Waals surface area contributed by atoms with Crippen LogP contribution in [0.25, 0.3) is 6.08 Å². The Morgan fingerprint density at radius 1 is 1.19 bits per heavy atom. The van der Waals surface area contributed by atoms with E-state index in [2.05, 4.69) is 44.7 Å². The molecule has 1 aromatic carbocycles. The summed E-state index contributed by atoms with van der Waals surface area (Å²) >= 11 is 0. The van der Waals surface area contributed by atoms with Gasteiger partial charge in [-0.25, -0.2) is 4.79 Å².